The van der Waals surface area contributed by atoms with Crippen LogP contribution in [-0.2, 0) is 23.0 Å². The van der Waals surface area contributed by atoms with E-state index in [1.165, 1.54) is 7.11 Å². The number of hydrogen-bond acceptors (Lipinski definition) is 4. The fourth-order valence-electron chi connectivity index (χ4n) is 1.32. The summed E-state index contributed by atoms with van der Waals surface area (Å²) in [6.45, 7) is 1.14. The van der Waals surface area contributed by atoms with Gasteiger partial charge in [-0.2, -0.15) is 5.10 Å². The summed E-state index contributed by atoms with van der Waals surface area (Å²) < 4.78 is 6.42. The van der Waals surface area contributed by atoms with Gasteiger partial charge in [0.1, 0.15) is 0 Å². The molecule has 0 unspecified atom stereocenters. The molecule has 0 radical (unpaired) electrons. The second kappa shape index (κ2) is 5.50. The lowest BCUT2D eigenvalue weighted by atomic mass is 10.3. The number of ether oxygens (including phenoxy) is 1. The number of nitrogens with zero attached hydrogens (tertiary/aromatic N) is 3. The highest BCUT2D eigenvalue weighted by atomic mass is 16.5. The maximum Gasteiger partial charge on any atom is 0.319 e. The number of methoxy groups -OCH3 is 1. The first-order valence-electron chi connectivity index (χ1n) is 4.85. The minimum Gasteiger partial charge on any atom is -0.468 e. The first-order chi connectivity index (χ1) is 7.13. The molecular formula is C10H17N3O2. The van der Waals surface area contributed by atoms with E-state index < -0.39 is 0 Å². The van der Waals surface area contributed by atoms with E-state index in [9.17, 15) is 4.79 Å². The SMILES string of the molecule is COC(=O)CN(C)CCc1ccnn1C. The van der Waals surface area contributed by atoms with E-state index in [1.54, 1.807) is 6.20 Å². The van der Waals surface area contributed by atoms with Gasteiger partial charge in [-0.15, -0.1) is 0 Å². The van der Waals surface area contributed by atoms with Crippen molar-refractivity contribution in [3.8, 4) is 0 Å². The van der Waals surface area contributed by atoms with Gasteiger partial charge in [0.05, 0.1) is 13.7 Å². The summed E-state index contributed by atoms with van der Waals surface area (Å²) in [7, 11) is 5.21. The molecule has 0 aliphatic heterocycles. The van der Waals surface area contributed by atoms with Crippen molar-refractivity contribution < 1.29 is 9.53 Å². The Bertz CT molecular complexity index is 322. The largest absolute Gasteiger partial charge is 0.468 e. The molecule has 0 aliphatic rings. The van der Waals surface area contributed by atoms with E-state index in [2.05, 4.69) is 9.84 Å². The summed E-state index contributed by atoms with van der Waals surface area (Å²) in [6, 6.07) is 1.98. The van der Waals surface area contributed by atoms with Crippen molar-refractivity contribution in [1.82, 2.24) is 14.7 Å². The molecule has 1 heterocycles. The van der Waals surface area contributed by atoms with Gasteiger partial charge in [-0.25, -0.2) is 0 Å². The van der Waals surface area contributed by atoms with Crippen LogP contribution in [0.3, 0.4) is 0 Å². The van der Waals surface area contributed by atoms with Gasteiger partial charge in [-0.3, -0.25) is 14.4 Å². The summed E-state index contributed by atoms with van der Waals surface area (Å²) in [4.78, 5) is 12.9. The average molecular weight is 211 g/mol. The quantitative estimate of drug-likeness (QED) is 0.646. The zero-order chi connectivity index (χ0) is 11.3. The Morgan fingerprint density at radius 2 is 2.40 bits per heavy atom. The van der Waals surface area contributed by atoms with Crippen LogP contribution >= 0.6 is 0 Å². The summed E-state index contributed by atoms with van der Waals surface area (Å²) in [5.74, 6) is -0.206. The summed E-state index contributed by atoms with van der Waals surface area (Å²) >= 11 is 0. The van der Waals surface area contributed by atoms with Crippen LogP contribution in [0.5, 0.6) is 0 Å². The molecule has 0 N–H and O–H groups in total. The molecule has 1 aromatic rings. The molecule has 84 valence electrons. The van der Waals surface area contributed by atoms with Gasteiger partial charge in [0.2, 0.25) is 0 Å². The van der Waals surface area contributed by atoms with Gasteiger partial charge in [-0.1, -0.05) is 0 Å². The number of likely N-dealkylation sites (N-methyl/N-ethyl adjacent to an activating group) is 1. The van der Waals surface area contributed by atoms with Crippen molar-refractivity contribution >= 4 is 5.97 Å². The monoisotopic (exact) mass is 211 g/mol. The van der Waals surface area contributed by atoms with Crippen molar-refractivity contribution in [3.05, 3.63) is 18.0 Å². The summed E-state index contributed by atoms with van der Waals surface area (Å²) in [5, 5.41) is 4.08. The summed E-state index contributed by atoms with van der Waals surface area (Å²) in [5.41, 5.74) is 1.16. The van der Waals surface area contributed by atoms with E-state index in [4.69, 9.17) is 0 Å². The van der Waals surface area contributed by atoms with Crippen LogP contribution in [0.1, 0.15) is 5.69 Å². The predicted octanol–water partition coefficient (Wildman–Crippen LogP) is 0.0674. The molecule has 0 bridgehead atoms. The Labute approximate surface area is 89.6 Å². The fourth-order valence-corrected chi connectivity index (χ4v) is 1.32. The Balaban J connectivity index is 2.31. The van der Waals surface area contributed by atoms with Crippen molar-refractivity contribution in [2.75, 3.05) is 27.2 Å². The third-order valence-corrected chi connectivity index (χ3v) is 2.30. The minimum absolute atomic E-state index is 0.206. The van der Waals surface area contributed by atoms with Gasteiger partial charge in [0.25, 0.3) is 0 Å². The zero-order valence-electron chi connectivity index (χ0n) is 9.43. The molecule has 0 amide bonds. The molecule has 15 heavy (non-hydrogen) atoms. The minimum atomic E-state index is -0.206. The van der Waals surface area contributed by atoms with Crippen molar-refractivity contribution in [3.63, 3.8) is 0 Å². The lowest BCUT2D eigenvalue weighted by molar-refractivity contribution is -0.141. The highest BCUT2D eigenvalue weighted by Crippen LogP contribution is 1.98. The van der Waals surface area contributed by atoms with Gasteiger partial charge in [0, 0.05) is 31.9 Å². The standard InChI is InChI=1S/C10H17N3O2/c1-12(8-10(14)15-3)7-5-9-4-6-11-13(9)2/h4,6H,5,7-8H2,1-3H3. The predicted molar refractivity (Wildman–Crippen MR) is 56.4 cm³/mol. The van der Waals surface area contributed by atoms with Crippen LogP contribution in [0.2, 0.25) is 0 Å². The fraction of sp³-hybridized carbons (Fsp3) is 0.600. The lowest BCUT2D eigenvalue weighted by Crippen LogP contribution is -2.29. The number of esters is 1. The van der Waals surface area contributed by atoms with Crippen LogP contribution < -0.4 is 0 Å². The zero-order valence-corrected chi connectivity index (χ0v) is 9.43. The normalized spacial score (nSPS) is 10.7. The molecule has 0 saturated heterocycles. The topological polar surface area (TPSA) is 47.4 Å². The molecule has 0 spiro atoms. The van der Waals surface area contributed by atoms with Gasteiger partial charge >= 0.3 is 5.97 Å². The molecule has 5 nitrogen and oxygen atoms in total. The molecule has 1 aromatic heterocycles. The lowest BCUT2D eigenvalue weighted by Gasteiger charge is -2.14. The number of rotatable bonds is 5. The molecule has 0 fully saturated rings. The maximum absolute atomic E-state index is 11.0. The van der Waals surface area contributed by atoms with Crippen LogP contribution in [0.25, 0.3) is 0 Å². The first-order valence-corrected chi connectivity index (χ1v) is 4.85. The van der Waals surface area contributed by atoms with E-state index in [0.717, 1.165) is 18.7 Å². The third-order valence-electron chi connectivity index (χ3n) is 2.30. The van der Waals surface area contributed by atoms with Gasteiger partial charge in [-0.05, 0) is 13.1 Å². The molecule has 0 aromatic carbocycles. The van der Waals surface area contributed by atoms with Crippen molar-refractivity contribution in [2.45, 2.75) is 6.42 Å². The number of carbonyl (C=O) groups is 1. The van der Waals surface area contributed by atoms with E-state index in [0.29, 0.717) is 6.54 Å². The number of carbonyl (C=O) groups excluding carboxylic acids is 1. The number of aryl methyl sites for hydroxylation is 1. The second-order valence-electron chi connectivity index (χ2n) is 3.51. The highest BCUT2D eigenvalue weighted by molar-refractivity contribution is 5.71. The Hall–Kier alpha value is -1.36. The number of aromatic nitrogens is 2. The third kappa shape index (κ3) is 3.71. The smallest absolute Gasteiger partial charge is 0.319 e. The van der Waals surface area contributed by atoms with Crippen LogP contribution in [0, 0.1) is 0 Å². The van der Waals surface area contributed by atoms with Crippen molar-refractivity contribution in [2.24, 2.45) is 7.05 Å². The Morgan fingerprint density at radius 1 is 1.67 bits per heavy atom. The van der Waals surface area contributed by atoms with Crippen LogP contribution in [-0.4, -0.2) is 47.9 Å². The molecule has 0 aliphatic carbocycles. The van der Waals surface area contributed by atoms with Gasteiger partial charge in [0.15, 0.2) is 0 Å². The highest BCUT2D eigenvalue weighted by Gasteiger charge is 2.07. The Morgan fingerprint density at radius 3 is 2.93 bits per heavy atom. The Kier molecular flexibility index (Phi) is 4.30. The van der Waals surface area contributed by atoms with Crippen LogP contribution in [0.15, 0.2) is 12.3 Å². The molecule has 1 rings (SSSR count). The van der Waals surface area contributed by atoms with E-state index >= 15 is 0 Å². The second-order valence-corrected chi connectivity index (χ2v) is 3.51. The van der Waals surface area contributed by atoms with E-state index in [-0.39, 0.29) is 5.97 Å². The van der Waals surface area contributed by atoms with Crippen LogP contribution in [0.4, 0.5) is 0 Å². The summed E-state index contributed by atoms with van der Waals surface area (Å²) in [6.07, 6.45) is 2.65. The average Bonchev–Trinajstić information content (AvgIpc) is 2.61. The number of hydrogen-bond donors (Lipinski definition) is 0. The van der Waals surface area contributed by atoms with Crippen molar-refractivity contribution in [1.29, 1.82) is 0 Å². The van der Waals surface area contributed by atoms with E-state index in [1.807, 2.05) is 29.7 Å². The molecule has 0 atom stereocenters. The molecule has 0 saturated carbocycles. The molecule has 5 heteroatoms. The maximum atomic E-state index is 11.0. The first kappa shape index (κ1) is 11.7. The molecular weight excluding hydrogens is 194 g/mol. The van der Waals surface area contributed by atoms with Gasteiger partial charge < -0.3 is 4.74 Å².